The van der Waals surface area contributed by atoms with Crippen molar-refractivity contribution in [3.05, 3.63) is 38.9 Å². The summed E-state index contributed by atoms with van der Waals surface area (Å²) in [4.78, 5) is 12.6. The van der Waals surface area contributed by atoms with Crippen LogP contribution in [0.5, 0.6) is 0 Å². The molecule has 1 fully saturated rings. The lowest BCUT2D eigenvalue weighted by atomic mass is 10.0. The number of halogens is 1. The number of hydrogen-bond acceptors (Lipinski definition) is 5. The van der Waals surface area contributed by atoms with Crippen LogP contribution in [-0.2, 0) is 10.0 Å². The number of piperidine rings is 1. The van der Waals surface area contributed by atoms with E-state index in [9.17, 15) is 13.2 Å². The lowest BCUT2D eigenvalue weighted by Gasteiger charge is -2.34. The molecule has 1 aliphatic heterocycles. The van der Waals surface area contributed by atoms with Crippen molar-refractivity contribution < 1.29 is 13.2 Å². The van der Waals surface area contributed by atoms with Crippen molar-refractivity contribution in [3.63, 3.8) is 0 Å². The molecule has 0 bridgehead atoms. The van der Waals surface area contributed by atoms with Crippen molar-refractivity contribution in [2.45, 2.75) is 35.9 Å². The van der Waals surface area contributed by atoms with E-state index >= 15 is 0 Å². The molecule has 3 rings (SSSR count). The third kappa shape index (κ3) is 4.43. The van der Waals surface area contributed by atoms with Crippen molar-refractivity contribution in [3.8, 4) is 0 Å². The summed E-state index contributed by atoms with van der Waals surface area (Å²) in [5, 5.41) is 4.64. The highest BCUT2D eigenvalue weighted by atomic mass is 35.5. The SMILES string of the molecule is O=C(NCCC1CCCCN1S(=O)(=O)c1cccs1)c1ccc(Cl)s1. The third-order valence-corrected chi connectivity index (χ3v) is 8.75. The highest BCUT2D eigenvalue weighted by Crippen LogP contribution is 2.29. The quantitative estimate of drug-likeness (QED) is 0.775. The average Bonchev–Trinajstić information content (AvgIpc) is 3.27. The fraction of sp³-hybridized carbons (Fsp3) is 0.438. The van der Waals surface area contributed by atoms with Crippen LogP contribution < -0.4 is 5.32 Å². The Morgan fingerprint density at radius 2 is 2.16 bits per heavy atom. The van der Waals surface area contributed by atoms with Gasteiger partial charge in [0.25, 0.3) is 15.9 Å². The number of carbonyl (C=O) groups is 1. The summed E-state index contributed by atoms with van der Waals surface area (Å²) >= 11 is 8.32. The van der Waals surface area contributed by atoms with Gasteiger partial charge in [-0.05, 0) is 42.8 Å². The number of nitrogens with zero attached hydrogens (tertiary/aromatic N) is 1. The van der Waals surface area contributed by atoms with Gasteiger partial charge < -0.3 is 5.32 Å². The lowest BCUT2D eigenvalue weighted by Crippen LogP contribution is -2.44. The Morgan fingerprint density at radius 1 is 1.32 bits per heavy atom. The molecule has 0 saturated carbocycles. The molecule has 1 atom stereocenters. The Kier molecular flexibility index (Phi) is 6.17. The molecule has 5 nitrogen and oxygen atoms in total. The van der Waals surface area contributed by atoms with Crippen LogP contribution in [0.2, 0.25) is 4.34 Å². The summed E-state index contributed by atoms with van der Waals surface area (Å²) < 4.78 is 28.2. The van der Waals surface area contributed by atoms with Gasteiger partial charge in [0.15, 0.2) is 0 Å². The maximum Gasteiger partial charge on any atom is 0.261 e. The summed E-state index contributed by atoms with van der Waals surface area (Å²) in [5.74, 6) is -0.166. The van der Waals surface area contributed by atoms with Crippen LogP contribution in [-0.4, -0.2) is 37.8 Å². The van der Waals surface area contributed by atoms with E-state index in [4.69, 9.17) is 11.6 Å². The third-order valence-electron chi connectivity index (χ3n) is 4.19. The molecule has 136 valence electrons. The normalized spacial score (nSPS) is 19.0. The maximum absolute atomic E-state index is 12.8. The van der Waals surface area contributed by atoms with Gasteiger partial charge in [0, 0.05) is 19.1 Å². The van der Waals surface area contributed by atoms with Crippen LogP contribution in [0, 0.1) is 0 Å². The lowest BCUT2D eigenvalue weighted by molar-refractivity contribution is 0.0953. The molecule has 1 amide bonds. The van der Waals surface area contributed by atoms with Gasteiger partial charge in [-0.1, -0.05) is 24.1 Å². The molecule has 2 aromatic rings. The molecular formula is C16H19ClN2O3S3. The molecule has 9 heteroatoms. The number of hydrogen-bond donors (Lipinski definition) is 1. The largest absolute Gasteiger partial charge is 0.351 e. The molecule has 25 heavy (non-hydrogen) atoms. The molecular weight excluding hydrogens is 400 g/mol. The molecule has 0 radical (unpaired) electrons. The van der Waals surface area contributed by atoms with Gasteiger partial charge in [0.1, 0.15) is 4.21 Å². The van der Waals surface area contributed by atoms with E-state index in [-0.39, 0.29) is 11.9 Å². The second-order valence-corrected chi connectivity index (χ2v) is 10.6. The first-order valence-corrected chi connectivity index (χ1v) is 11.6. The van der Waals surface area contributed by atoms with Gasteiger partial charge in [-0.3, -0.25) is 4.79 Å². The van der Waals surface area contributed by atoms with Gasteiger partial charge in [-0.25, -0.2) is 8.42 Å². The first-order valence-electron chi connectivity index (χ1n) is 8.07. The fourth-order valence-electron chi connectivity index (χ4n) is 2.98. The van der Waals surface area contributed by atoms with E-state index in [1.54, 1.807) is 34.0 Å². The van der Waals surface area contributed by atoms with E-state index in [1.165, 1.54) is 22.7 Å². The summed E-state index contributed by atoms with van der Waals surface area (Å²) in [5.41, 5.74) is 0. The van der Waals surface area contributed by atoms with Gasteiger partial charge in [0.2, 0.25) is 0 Å². The van der Waals surface area contributed by atoms with E-state index in [0.29, 0.717) is 32.9 Å². The van der Waals surface area contributed by atoms with Gasteiger partial charge in [-0.2, -0.15) is 4.31 Å². The number of carbonyl (C=O) groups excluding carboxylic acids is 1. The topological polar surface area (TPSA) is 66.5 Å². The van der Waals surface area contributed by atoms with Gasteiger partial charge in [0.05, 0.1) is 9.21 Å². The summed E-state index contributed by atoms with van der Waals surface area (Å²) in [6.45, 7) is 0.981. The first-order chi connectivity index (χ1) is 12.0. The van der Waals surface area contributed by atoms with Crippen LogP contribution >= 0.6 is 34.3 Å². The van der Waals surface area contributed by atoms with E-state index in [0.717, 1.165) is 19.3 Å². The van der Waals surface area contributed by atoms with Gasteiger partial charge >= 0.3 is 0 Å². The maximum atomic E-state index is 12.8. The standard InChI is InChI=1S/C16H19ClN2O3S3/c17-14-7-6-13(24-14)16(20)18-9-8-12-4-1-2-10-19(12)25(21,22)15-5-3-11-23-15/h3,5-7,11-12H,1-2,4,8-10H2,(H,18,20). The van der Waals surface area contributed by atoms with Crippen LogP contribution in [0.4, 0.5) is 0 Å². The van der Waals surface area contributed by atoms with Crippen molar-refractivity contribution in [1.82, 2.24) is 9.62 Å². The van der Waals surface area contributed by atoms with Crippen molar-refractivity contribution in [1.29, 1.82) is 0 Å². The number of rotatable bonds is 6. The molecule has 1 aliphatic rings. The Balaban J connectivity index is 1.61. The monoisotopic (exact) mass is 418 g/mol. The zero-order chi connectivity index (χ0) is 17.9. The molecule has 3 heterocycles. The number of thiophene rings is 2. The smallest absolute Gasteiger partial charge is 0.261 e. The average molecular weight is 419 g/mol. The van der Waals surface area contributed by atoms with Crippen molar-refractivity contribution >= 4 is 50.2 Å². The minimum absolute atomic E-state index is 0.0759. The predicted octanol–water partition coefficient (Wildman–Crippen LogP) is 3.83. The van der Waals surface area contributed by atoms with E-state index in [1.807, 2.05) is 0 Å². The second-order valence-electron chi connectivity index (χ2n) is 5.85. The molecule has 0 spiro atoms. The molecule has 1 N–H and O–H groups in total. The van der Waals surface area contributed by atoms with E-state index in [2.05, 4.69) is 5.32 Å². The highest BCUT2D eigenvalue weighted by Gasteiger charge is 2.33. The van der Waals surface area contributed by atoms with Crippen molar-refractivity contribution in [2.75, 3.05) is 13.1 Å². The number of nitrogens with one attached hydrogen (secondary N) is 1. The number of sulfonamides is 1. The summed E-state index contributed by atoms with van der Waals surface area (Å²) in [7, 11) is -3.44. The highest BCUT2D eigenvalue weighted by molar-refractivity contribution is 7.91. The summed E-state index contributed by atoms with van der Waals surface area (Å²) in [6.07, 6.45) is 3.32. The number of amides is 1. The minimum Gasteiger partial charge on any atom is -0.351 e. The van der Waals surface area contributed by atoms with Crippen LogP contribution in [0.1, 0.15) is 35.4 Å². The van der Waals surface area contributed by atoms with E-state index < -0.39 is 10.0 Å². The first kappa shape index (κ1) is 18.8. The molecule has 0 aliphatic carbocycles. The predicted molar refractivity (Wildman–Crippen MR) is 102 cm³/mol. The molecule has 1 unspecified atom stereocenters. The second kappa shape index (κ2) is 8.18. The fourth-order valence-corrected chi connectivity index (χ4v) is 6.78. The summed E-state index contributed by atoms with van der Waals surface area (Å²) in [6, 6.07) is 6.71. The van der Waals surface area contributed by atoms with Gasteiger partial charge in [-0.15, -0.1) is 22.7 Å². The zero-order valence-electron chi connectivity index (χ0n) is 13.5. The van der Waals surface area contributed by atoms with Crippen LogP contribution in [0.15, 0.2) is 33.9 Å². The molecule has 1 saturated heterocycles. The molecule has 0 aromatic carbocycles. The molecule has 2 aromatic heterocycles. The van der Waals surface area contributed by atoms with Crippen molar-refractivity contribution in [2.24, 2.45) is 0 Å². The Bertz CT molecular complexity index is 818. The van der Waals surface area contributed by atoms with Crippen LogP contribution in [0.25, 0.3) is 0 Å². The van der Waals surface area contributed by atoms with Crippen LogP contribution in [0.3, 0.4) is 0 Å². The zero-order valence-corrected chi connectivity index (χ0v) is 16.7. The Hall–Kier alpha value is -0.930. The Morgan fingerprint density at radius 3 is 2.84 bits per heavy atom. The Labute approximate surface area is 160 Å². The minimum atomic E-state index is -3.44.